The van der Waals surface area contributed by atoms with E-state index in [2.05, 4.69) is 4.98 Å². The highest BCUT2D eigenvalue weighted by molar-refractivity contribution is 7.99. The molecule has 1 amide bonds. The van der Waals surface area contributed by atoms with Gasteiger partial charge in [-0.2, -0.15) is 0 Å². The lowest BCUT2D eigenvalue weighted by Gasteiger charge is -2.21. The summed E-state index contributed by atoms with van der Waals surface area (Å²) in [5.74, 6) is -0.337. The molecule has 0 N–H and O–H groups in total. The Kier molecular flexibility index (Phi) is 6.20. The van der Waals surface area contributed by atoms with Gasteiger partial charge in [-0.15, -0.1) is 11.3 Å². The van der Waals surface area contributed by atoms with Crippen molar-refractivity contribution in [2.24, 2.45) is 0 Å². The van der Waals surface area contributed by atoms with E-state index >= 15 is 0 Å². The van der Waals surface area contributed by atoms with Crippen LogP contribution in [0.15, 0.2) is 69.9 Å². The van der Waals surface area contributed by atoms with Gasteiger partial charge in [0.1, 0.15) is 10.5 Å². The Morgan fingerprint density at radius 3 is 2.68 bits per heavy atom. The summed E-state index contributed by atoms with van der Waals surface area (Å²) in [7, 11) is 0. The van der Waals surface area contributed by atoms with Gasteiger partial charge in [-0.05, 0) is 61.2 Å². The van der Waals surface area contributed by atoms with Gasteiger partial charge in [0.25, 0.3) is 5.56 Å². The number of carbonyl (C=O) groups excluding carboxylic acids is 1. The van der Waals surface area contributed by atoms with Crippen molar-refractivity contribution in [3.05, 3.63) is 81.7 Å². The van der Waals surface area contributed by atoms with Gasteiger partial charge in [-0.25, -0.2) is 9.37 Å². The zero-order valence-electron chi connectivity index (χ0n) is 17.0. The number of fused-ring (bicyclic) bond motifs is 1. The van der Waals surface area contributed by atoms with Gasteiger partial charge in [0.15, 0.2) is 5.16 Å². The van der Waals surface area contributed by atoms with E-state index in [-0.39, 0.29) is 23.0 Å². The molecule has 4 rings (SSSR count). The number of hydrogen-bond acceptors (Lipinski definition) is 5. The van der Waals surface area contributed by atoms with Crippen LogP contribution in [0.25, 0.3) is 15.9 Å². The van der Waals surface area contributed by atoms with Crippen molar-refractivity contribution >= 4 is 44.9 Å². The van der Waals surface area contributed by atoms with E-state index in [4.69, 9.17) is 0 Å². The molecule has 0 unspecified atom stereocenters. The molecule has 0 aliphatic rings. The minimum atomic E-state index is -0.370. The van der Waals surface area contributed by atoms with Crippen molar-refractivity contribution in [1.82, 2.24) is 9.55 Å². The van der Waals surface area contributed by atoms with Crippen LogP contribution in [0.4, 0.5) is 10.1 Å². The molecule has 0 saturated carbocycles. The van der Waals surface area contributed by atoms with Gasteiger partial charge in [0, 0.05) is 12.2 Å². The molecule has 0 saturated heterocycles. The summed E-state index contributed by atoms with van der Waals surface area (Å²) in [6.07, 6.45) is 0. The zero-order chi connectivity index (χ0) is 22.0. The molecule has 2 aromatic carbocycles. The van der Waals surface area contributed by atoms with E-state index in [0.717, 1.165) is 5.69 Å². The molecule has 0 fully saturated rings. The number of nitrogens with zero attached hydrogens (tertiary/aromatic N) is 3. The summed E-state index contributed by atoms with van der Waals surface area (Å²) in [6, 6.07) is 15.5. The minimum absolute atomic E-state index is 0.0826. The topological polar surface area (TPSA) is 55.2 Å². The maximum absolute atomic E-state index is 13.7. The Morgan fingerprint density at radius 2 is 1.97 bits per heavy atom. The first-order valence-electron chi connectivity index (χ1n) is 9.74. The van der Waals surface area contributed by atoms with Gasteiger partial charge in [0.05, 0.1) is 17.0 Å². The summed E-state index contributed by atoms with van der Waals surface area (Å²) in [5, 5.41) is 2.22. The third-order valence-electron chi connectivity index (χ3n) is 4.86. The second kappa shape index (κ2) is 9.03. The third-order valence-corrected chi connectivity index (χ3v) is 6.67. The number of amides is 1. The summed E-state index contributed by atoms with van der Waals surface area (Å²) < 4.78 is 15.7. The lowest BCUT2D eigenvalue weighted by atomic mass is 10.2. The number of thiophene rings is 1. The first kappa shape index (κ1) is 21.3. The van der Waals surface area contributed by atoms with E-state index < -0.39 is 0 Å². The van der Waals surface area contributed by atoms with E-state index in [0.29, 0.717) is 33.2 Å². The fourth-order valence-electron chi connectivity index (χ4n) is 3.39. The number of aryl methyl sites for hydroxylation is 1. The van der Waals surface area contributed by atoms with Crippen LogP contribution in [0.5, 0.6) is 0 Å². The van der Waals surface area contributed by atoms with Crippen LogP contribution in [-0.2, 0) is 4.79 Å². The average Bonchev–Trinajstić information content (AvgIpc) is 3.23. The molecule has 0 spiro atoms. The lowest BCUT2D eigenvalue weighted by Crippen LogP contribution is -2.32. The monoisotopic (exact) mass is 453 g/mol. The highest BCUT2D eigenvalue weighted by atomic mass is 32.2. The van der Waals surface area contributed by atoms with Crippen molar-refractivity contribution in [2.45, 2.75) is 19.0 Å². The smallest absolute Gasteiger partial charge is 0.276 e. The maximum Gasteiger partial charge on any atom is 0.276 e. The number of benzene rings is 2. The van der Waals surface area contributed by atoms with Gasteiger partial charge < -0.3 is 4.90 Å². The Morgan fingerprint density at radius 1 is 1.19 bits per heavy atom. The standard InChI is InChI=1S/C23H20FN3O2S2/c1-3-26(17-7-5-4-6-8-17)20(28)14-31-23-25-18-11-12-30-21(18)22(29)27(23)19-10-9-16(24)13-15(19)2/h4-13H,3,14H2,1-2H3. The molecule has 0 aliphatic heterocycles. The Balaban J connectivity index is 1.72. The number of thioether (sulfide) groups is 1. The first-order valence-corrected chi connectivity index (χ1v) is 11.6. The summed E-state index contributed by atoms with van der Waals surface area (Å²) in [6.45, 7) is 4.20. The molecule has 2 aromatic heterocycles. The van der Waals surface area contributed by atoms with Crippen LogP contribution in [0.1, 0.15) is 12.5 Å². The molecule has 5 nitrogen and oxygen atoms in total. The van der Waals surface area contributed by atoms with Crippen molar-refractivity contribution in [2.75, 3.05) is 17.2 Å². The normalized spacial score (nSPS) is 11.1. The van der Waals surface area contributed by atoms with Crippen LogP contribution < -0.4 is 10.5 Å². The predicted octanol–water partition coefficient (Wildman–Crippen LogP) is 5.04. The first-order chi connectivity index (χ1) is 15.0. The maximum atomic E-state index is 13.7. The van der Waals surface area contributed by atoms with E-state index in [9.17, 15) is 14.0 Å². The van der Waals surface area contributed by atoms with Crippen LogP contribution in [0.3, 0.4) is 0 Å². The van der Waals surface area contributed by atoms with Gasteiger partial charge >= 0.3 is 0 Å². The number of carbonyl (C=O) groups is 1. The third kappa shape index (κ3) is 4.26. The van der Waals surface area contributed by atoms with Gasteiger partial charge in [-0.3, -0.25) is 14.2 Å². The molecular weight excluding hydrogens is 433 g/mol. The summed E-state index contributed by atoms with van der Waals surface area (Å²) in [5.41, 5.74) is 2.37. The van der Waals surface area contributed by atoms with Crippen LogP contribution in [0, 0.1) is 12.7 Å². The highest BCUT2D eigenvalue weighted by Gasteiger charge is 2.19. The molecule has 8 heteroatoms. The van der Waals surface area contributed by atoms with Crippen molar-refractivity contribution in [3.8, 4) is 5.69 Å². The van der Waals surface area contributed by atoms with Crippen LogP contribution in [-0.4, -0.2) is 27.8 Å². The number of para-hydroxylation sites is 1. The van der Waals surface area contributed by atoms with Crippen molar-refractivity contribution in [3.63, 3.8) is 0 Å². The van der Waals surface area contributed by atoms with E-state index in [1.165, 1.54) is 39.8 Å². The molecular formula is C23H20FN3O2S2. The number of halogens is 1. The second-order valence-corrected chi connectivity index (χ2v) is 8.72. The zero-order valence-corrected chi connectivity index (χ0v) is 18.7. The second-order valence-electron chi connectivity index (χ2n) is 6.86. The molecule has 4 aromatic rings. The summed E-state index contributed by atoms with van der Waals surface area (Å²) >= 11 is 2.52. The van der Waals surface area contributed by atoms with Crippen LogP contribution in [0.2, 0.25) is 0 Å². The van der Waals surface area contributed by atoms with E-state index in [1.807, 2.05) is 42.6 Å². The summed E-state index contributed by atoms with van der Waals surface area (Å²) in [4.78, 5) is 32.5. The molecule has 0 atom stereocenters. The fourth-order valence-corrected chi connectivity index (χ4v) is 5.03. The number of anilines is 1. The van der Waals surface area contributed by atoms with Crippen molar-refractivity contribution in [1.29, 1.82) is 0 Å². The Bertz CT molecular complexity index is 1300. The number of hydrogen-bond donors (Lipinski definition) is 0. The van der Waals surface area contributed by atoms with Gasteiger partial charge in [0.2, 0.25) is 5.91 Å². The average molecular weight is 454 g/mol. The predicted molar refractivity (Wildman–Crippen MR) is 125 cm³/mol. The highest BCUT2D eigenvalue weighted by Crippen LogP contribution is 2.26. The lowest BCUT2D eigenvalue weighted by molar-refractivity contribution is -0.116. The van der Waals surface area contributed by atoms with Gasteiger partial charge in [-0.1, -0.05) is 30.0 Å². The molecule has 0 radical (unpaired) electrons. The van der Waals surface area contributed by atoms with Crippen LogP contribution >= 0.6 is 23.1 Å². The van der Waals surface area contributed by atoms with Crippen molar-refractivity contribution < 1.29 is 9.18 Å². The minimum Gasteiger partial charge on any atom is -0.312 e. The molecule has 2 heterocycles. The molecule has 0 bridgehead atoms. The number of aromatic nitrogens is 2. The SMILES string of the molecule is CCN(C(=O)CSc1nc2ccsc2c(=O)n1-c1ccc(F)cc1C)c1ccccc1. The Hall–Kier alpha value is -2.97. The Labute approximate surface area is 187 Å². The quantitative estimate of drug-likeness (QED) is 0.303. The van der Waals surface area contributed by atoms with E-state index in [1.54, 1.807) is 24.0 Å². The largest absolute Gasteiger partial charge is 0.312 e. The molecule has 31 heavy (non-hydrogen) atoms. The fraction of sp³-hybridized carbons (Fsp3) is 0.174. The number of rotatable bonds is 6. The molecule has 158 valence electrons. The molecule has 0 aliphatic carbocycles.